The standard InChI is InChI=1S/C10H16N2O2/c1-10(5-3-7-14-10)9(13)8-4-6-11-12(8)2/h4,6,9,13H,3,5,7H2,1-2H3. The molecule has 0 radical (unpaired) electrons. The normalized spacial score (nSPS) is 29.4. The fourth-order valence-electron chi connectivity index (χ4n) is 1.98. The van der Waals surface area contributed by atoms with Gasteiger partial charge in [-0.1, -0.05) is 0 Å². The molecule has 2 atom stereocenters. The first-order chi connectivity index (χ1) is 6.63. The molecule has 1 fully saturated rings. The van der Waals surface area contributed by atoms with Gasteiger partial charge in [-0.2, -0.15) is 5.10 Å². The zero-order chi connectivity index (χ0) is 10.2. The maximum atomic E-state index is 10.2. The van der Waals surface area contributed by atoms with E-state index in [0.29, 0.717) is 0 Å². The number of rotatable bonds is 2. The van der Waals surface area contributed by atoms with Crippen LogP contribution in [-0.4, -0.2) is 27.1 Å². The van der Waals surface area contributed by atoms with Crippen LogP contribution in [0.15, 0.2) is 12.3 Å². The van der Waals surface area contributed by atoms with Crippen LogP contribution in [-0.2, 0) is 11.8 Å². The van der Waals surface area contributed by atoms with E-state index < -0.39 is 11.7 Å². The Bertz CT molecular complexity index is 316. The molecule has 2 unspecified atom stereocenters. The first-order valence-electron chi connectivity index (χ1n) is 4.93. The third-order valence-corrected chi connectivity index (χ3v) is 2.97. The van der Waals surface area contributed by atoms with E-state index in [4.69, 9.17) is 4.74 Å². The van der Waals surface area contributed by atoms with Gasteiger partial charge in [0, 0.05) is 19.9 Å². The second kappa shape index (κ2) is 3.37. The van der Waals surface area contributed by atoms with Gasteiger partial charge in [0.25, 0.3) is 0 Å². The van der Waals surface area contributed by atoms with Crippen LogP contribution in [0.25, 0.3) is 0 Å². The molecule has 1 aromatic rings. The van der Waals surface area contributed by atoms with Gasteiger partial charge in [0.05, 0.1) is 11.3 Å². The molecule has 0 spiro atoms. The summed E-state index contributed by atoms with van der Waals surface area (Å²) in [5.74, 6) is 0. The van der Waals surface area contributed by atoms with E-state index in [1.807, 2.05) is 20.0 Å². The van der Waals surface area contributed by atoms with Gasteiger partial charge < -0.3 is 9.84 Å². The quantitative estimate of drug-likeness (QED) is 0.768. The highest BCUT2D eigenvalue weighted by Crippen LogP contribution is 2.36. The van der Waals surface area contributed by atoms with Crippen molar-refractivity contribution in [2.45, 2.75) is 31.5 Å². The fraction of sp³-hybridized carbons (Fsp3) is 0.700. The van der Waals surface area contributed by atoms with E-state index in [1.54, 1.807) is 10.9 Å². The van der Waals surface area contributed by atoms with Crippen LogP contribution in [0, 0.1) is 0 Å². The summed E-state index contributed by atoms with van der Waals surface area (Å²) in [6.45, 7) is 2.70. The summed E-state index contributed by atoms with van der Waals surface area (Å²) in [4.78, 5) is 0. The highest BCUT2D eigenvalue weighted by atomic mass is 16.5. The molecule has 1 aliphatic heterocycles. The third-order valence-electron chi connectivity index (χ3n) is 2.97. The van der Waals surface area contributed by atoms with Crippen molar-refractivity contribution in [3.05, 3.63) is 18.0 Å². The minimum atomic E-state index is -0.586. The molecule has 4 heteroatoms. The monoisotopic (exact) mass is 196 g/mol. The summed E-state index contributed by atoms with van der Waals surface area (Å²) in [6.07, 6.45) is 3.03. The molecular weight excluding hydrogens is 180 g/mol. The predicted octanol–water partition coefficient (Wildman–Crippen LogP) is 1.02. The molecule has 0 aromatic carbocycles. The van der Waals surface area contributed by atoms with E-state index >= 15 is 0 Å². The number of hydrogen-bond donors (Lipinski definition) is 1. The number of ether oxygens (including phenoxy) is 1. The van der Waals surface area contributed by atoms with Gasteiger partial charge in [-0.3, -0.25) is 4.68 Å². The smallest absolute Gasteiger partial charge is 0.124 e. The molecule has 1 aromatic heterocycles. The zero-order valence-corrected chi connectivity index (χ0v) is 8.60. The van der Waals surface area contributed by atoms with E-state index in [-0.39, 0.29) is 0 Å². The van der Waals surface area contributed by atoms with Gasteiger partial charge in [-0.15, -0.1) is 0 Å². The molecule has 78 valence electrons. The number of aliphatic hydroxyl groups is 1. The van der Waals surface area contributed by atoms with E-state index in [0.717, 1.165) is 25.1 Å². The van der Waals surface area contributed by atoms with Gasteiger partial charge in [0.1, 0.15) is 6.10 Å². The van der Waals surface area contributed by atoms with Gasteiger partial charge in [-0.25, -0.2) is 0 Å². The molecule has 0 saturated carbocycles. The first-order valence-corrected chi connectivity index (χ1v) is 4.93. The first kappa shape index (κ1) is 9.68. The topological polar surface area (TPSA) is 47.3 Å². The van der Waals surface area contributed by atoms with Gasteiger partial charge >= 0.3 is 0 Å². The molecule has 4 nitrogen and oxygen atoms in total. The van der Waals surface area contributed by atoms with Crippen molar-refractivity contribution in [1.82, 2.24) is 9.78 Å². The lowest BCUT2D eigenvalue weighted by Gasteiger charge is -2.29. The van der Waals surface area contributed by atoms with Crippen molar-refractivity contribution in [2.24, 2.45) is 7.05 Å². The number of aromatic nitrogens is 2. The van der Waals surface area contributed by atoms with Crippen LogP contribution < -0.4 is 0 Å². The Morgan fingerprint density at radius 1 is 1.71 bits per heavy atom. The van der Waals surface area contributed by atoms with Crippen LogP contribution in [0.5, 0.6) is 0 Å². The SMILES string of the molecule is Cn1nccc1C(O)C1(C)CCCO1. The van der Waals surface area contributed by atoms with Crippen LogP contribution in [0.4, 0.5) is 0 Å². The molecule has 1 saturated heterocycles. The van der Waals surface area contributed by atoms with E-state index in [2.05, 4.69) is 5.10 Å². The van der Waals surface area contributed by atoms with E-state index in [9.17, 15) is 5.11 Å². The molecule has 14 heavy (non-hydrogen) atoms. The maximum absolute atomic E-state index is 10.2. The number of nitrogens with zero attached hydrogens (tertiary/aromatic N) is 2. The molecule has 2 rings (SSSR count). The minimum Gasteiger partial charge on any atom is -0.384 e. The van der Waals surface area contributed by atoms with Crippen molar-refractivity contribution in [3.63, 3.8) is 0 Å². The molecule has 0 bridgehead atoms. The van der Waals surface area contributed by atoms with Crippen LogP contribution in [0.2, 0.25) is 0 Å². The Morgan fingerprint density at radius 3 is 3.00 bits per heavy atom. The summed E-state index contributed by atoms with van der Waals surface area (Å²) >= 11 is 0. The average Bonchev–Trinajstić information content (AvgIpc) is 2.74. The highest BCUT2D eigenvalue weighted by Gasteiger charge is 2.39. The second-order valence-electron chi connectivity index (χ2n) is 4.05. The Morgan fingerprint density at radius 2 is 2.50 bits per heavy atom. The predicted molar refractivity (Wildman–Crippen MR) is 51.8 cm³/mol. The van der Waals surface area contributed by atoms with E-state index in [1.165, 1.54) is 0 Å². The highest BCUT2D eigenvalue weighted by molar-refractivity contribution is 5.10. The summed E-state index contributed by atoms with van der Waals surface area (Å²) in [6, 6.07) is 1.83. The van der Waals surface area contributed by atoms with Crippen molar-refractivity contribution < 1.29 is 9.84 Å². The summed E-state index contributed by atoms with van der Waals surface area (Å²) in [5.41, 5.74) is 0.378. The Hall–Kier alpha value is -0.870. The van der Waals surface area contributed by atoms with Gasteiger partial charge in [0.15, 0.2) is 0 Å². The van der Waals surface area contributed by atoms with Crippen LogP contribution in [0.1, 0.15) is 31.6 Å². The molecule has 0 amide bonds. The molecule has 0 aliphatic carbocycles. The maximum Gasteiger partial charge on any atom is 0.124 e. The number of aliphatic hydroxyl groups excluding tert-OH is 1. The summed E-state index contributed by atoms with van der Waals surface area (Å²) in [5, 5.41) is 14.2. The van der Waals surface area contributed by atoms with Gasteiger partial charge in [-0.05, 0) is 25.8 Å². The fourth-order valence-corrected chi connectivity index (χ4v) is 1.98. The second-order valence-corrected chi connectivity index (χ2v) is 4.05. The third kappa shape index (κ3) is 1.44. The van der Waals surface area contributed by atoms with Crippen LogP contribution >= 0.6 is 0 Å². The van der Waals surface area contributed by atoms with Crippen molar-refractivity contribution in [3.8, 4) is 0 Å². The zero-order valence-electron chi connectivity index (χ0n) is 8.60. The minimum absolute atomic E-state index is 0.437. The number of aryl methyl sites for hydroxylation is 1. The average molecular weight is 196 g/mol. The molecule has 2 heterocycles. The molecule has 1 aliphatic rings. The van der Waals surface area contributed by atoms with Crippen LogP contribution in [0.3, 0.4) is 0 Å². The Labute approximate surface area is 83.5 Å². The Balaban J connectivity index is 2.23. The Kier molecular flexibility index (Phi) is 2.33. The summed E-state index contributed by atoms with van der Waals surface area (Å²) < 4.78 is 7.28. The lowest BCUT2D eigenvalue weighted by atomic mass is 9.93. The summed E-state index contributed by atoms with van der Waals surface area (Å²) in [7, 11) is 1.83. The largest absolute Gasteiger partial charge is 0.384 e. The van der Waals surface area contributed by atoms with Gasteiger partial charge in [0.2, 0.25) is 0 Å². The molecule has 1 N–H and O–H groups in total. The molecular formula is C10H16N2O2. The lowest BCUT2D eigenvalue weighted by molar-refractivity contribution is -0.0826. The number of hydrogen-bond acceptors (Lipinski definition) is 3. The van der Waals surface area contributed by atoms with Crippen molar-refractivity contribution in [2.75, 3.05) is 6.61 Å². The van der Waals surface area contributed by atoms with Crippen molar-refractivity contribution >= 4 is 0 Å². The lowest BCUT2D eigenvalue weighted by Crippen LogP contribution is -2.33. The van der Waals surface area contributed by atoms with Crippen molar-refractivity contribution in [1.29, 1.82) is 0 Å².